The molecule has 1 fully saturated rings. The number of carbonyl (C=O) groups excluding carboxylic acids is 2. The van der Waals surface area contributed by atoms with Crippen LogP contribution in [0.4, 0.5) is 5.69 Å². The van der Waals surface area contributed by atoms with Gasteiger partial charge in [-0.3, -0.25) is 14.5 Å². The van der Waals surface area contributed by atoms with Crippen molar-refractivity contribution in [2.45, 2.75) is 6.42 Å². The van der Waals surface area contributed by atoms with E-state index >= 15 is 0 Å². The number of nitrogens with zero attached hydrogens (tertiary/aromatic N) is 3. The molecule has 26 heavy (non-hydrogen) atoms. The smallest absolute Gasteiger partial charge is 0.289 e. The van der Waals surface area contributed by atoms with E-state index in [0.29, 0.717) is 43.1 Å². The normalized spacial score (nSPS) is 14.7. The molecule has 7 heteroatoms. The maximum Gasteiger partial charge on any atom is 0.289 e. The molecule has 0 spiro atoms. The van der Waals surface area contributed by atoms with Gasteiger partial charge >= 0.3 is 0 Å². The molecular weight excluding hydrogens is 332 g/mol. The van der Waals surface area contributed by atoms with Gasteiger partial charge in [-0.25, -0.2) is 0 Å². The first-order valence-electron chi connectivity index (χ1n) is 8.51. The Balaban J connectivity index is 1.40. The molecule has 3 rings (SSSR count). The topological polar surface area (TPSA) is 89.6 Å². The highest BCUT2D eigenvalue weighted by Crippen LogP contribution is 2.11. The maximum atomic E-state index is 12.2. The molecule has 1 aromatic heterocycles. The molecule has 1 aliphatic heterocycles. The summed E-state index contributed by atoms with van der Waals surface area (Å²) in [4.78, 5) is 28.2. The van der Waals surface area contributed by atoms with Gasteiger partial charge in [0.05, 0.1) is 17.9 Å². The second kappa shape index (κ2) is 8.32. The van der Waals surface area contributed by atoms with Crippen LogP contribution in [-0.2, 0) is 4.79 Å². The van der Waals surface area contributed by atoms with Crippen LogP contribution < -0.4 is 5.32 Å². The zero-order valence-corrected chi connectivity index (χ0v) is 14.4. The molecule has 0 atom stereocenters. The van der Waals surface area contributed by atoms with Crippen LogP contribution >= 0.6 is 0 Å². The lowest BCUT2D eigenvalue weighted by atomic mass is 10.2. The van der Waals surface area contributed by atoms with Crippen molar-refractivity contribution in [3.8, 4) is 6.07 Å². The fraction of sp³-hybridized carbons (Fsp3) is 0.316. The predicted octanol–water partition coefficient (Wildman–Crippen LogP) is 1.94. The highest BCUT2D eigenvalue weighted by Gasteiger charge is 2.23. The minimum absolute atomic E-state index is 0.0659. The van der Waals surface area contributed by atoms with Crippen molar-refractivity contribution >= 4 is 17.5 Å². The zero-order chi connectivity index (χ0) is 18.4. The molecule has 1 N–H and O–H groups in total. The van der Waals surface area contributed by atoms with Gasteiger partial charge in [0, 0.05) is 44.8 Å². The lowest BCUT2D eigenvalue weighted by Crippen LogP contribution is -2.49. The van der Waals surface area contributed by atoms with E-state index in [4.69, 9.17) is 9.68 Å². The third-order valence-corrected chi connectivity index (χ3v) is 4.34. The van der Waals surface area contributed by atoms with E-state index in [9.17, 15) is 9.59 Å². The summed E-state index contributed by atoms with van der Waals surface area (Å²) in [5.74, 6) is 0.206. The van der Waals surface area contributed by atoms with Gasteiger partial charge in [-0.05, 0) is 36.4 Å². The van der Waals surface area contributed by atoms with Gasteiger partial charge in [0.2, 0.25) is 5.91 Å². The summed E-state index contributed by atoms with van der Waals surface area (Å²) in [5.41, 5.74) is 1.24. The second-order valence-electron chi connectivity index (χ2n) is 6.10. The molecule has 1 aliphatic rings. The molecule has 1 aromatic carbocycles. The molecular formula is C19H20N4O3. The van der Waals surface area contributed by atoms with Crippen molar-refractivity contribution in [3.63, 3.8) is 0 Å². The van der Waals surface area contributed by atoms with Gasteiger partial charge in [0.15, 0.2) is 5.76 Å². The van der Waals surface area contributed by atoms with Crippen LogP contribution in [0.2, 0.25) is 0 Å². The number of rotatable bonds is 5. The number of hydrogen-bond donors (Lipinski definition) is 1. The summed E-state index contributed by atoms with van der Waals surface area (Å²) < 4.78 is 5.15. The van der Waals surface area contributed by atoms with Gasteiger partial charge in [-0.2, -0.15) is 5.26 Å². The Morgan fingerprint density at radius 1 is 1.12 bits per heavy atom. The minimum Gasteiger partial charge on any atom is -0.459 e. The van der Waals surface area contributed by atoms with E-state index < -0.39 is 0 Å². The monoisotopic (exact) mass is 352 g/mol. The van der Waals surface area contributed by atoms with Gasteiger partial charge in [-0.1, -0.05) is 0 Å². The van der Waals surface area contributed by atoms with E-state index in [0.717, 1.165) is 13.1 Å². The molecule has 0 aliphatic carbocycles. The lowest BCUT2D eigenvalue weighted by Gasteiger charge is -2.34. The van der Waals surface area contributed by atoms with Crippen LogP contribution in [0.15, 0.2) is 47.1 Å². The number of amides is 2. The molecule has 0 saturated carbocycles. The van der Waals surface area contributed by atoms with E-state index in [1.54, 1.807) is 41.3 Å². The Labute approximate surface area is 151 Å². The quantitative estimate of drug-likeness (QED) is 0.888. The van der Waals surface area contributed by atoms with Crippen molar-refractivity contribution in [3.05, 3.63) is 54.0 Å². The van der Waals surface area contributed by atoms with Crippen LogP contribution in [0, 0.1) is 11.3 Å². The molecule has 1 saturated heterocycles. The Kier molecular flexibility index (Phi) is 5.66. The molecule has 2 aromatic rings. The Bertz CT molecular complexity index is 785. The van der Waals surface area contributed by atoms with E-state index in [-0.39, 0.29) is 11.8 Å². The SMILES string of the molecule is N#Cc1ccc(NC(=O)CCN2CCN(C(=O)c3ccco3)CC2)cc1. The number of nitrogens with one attached hydrogen (secondary N) is 1. The fourth-order valence-corrected chi connectivity index (χ4v) is 2.84. The molecule has 7 nitrogen and oxygen atoms in total. The minimum atomic E-state index is -0.0896. The number of anilines is 1. The number of furan rings is 1. The van der Waals surface area contributed by atoms with Gasteiger partial charge < -0.3 is 14.6 Å². The third kappa shape index (κ3) is 4.49. The lowest BCUT2D eigenvalue weighted by molar-refractivity contribution is -0.116. The predicted molar refractivity (Wildman–Crippen MR) is 95.5 cm³/mol. The van der Waals surface area contributed by atoms with Crippen molar-refractivity contribution in [2.24, 2.45) is 0 Å². The Morgan fingerprint density at radius 2 is 1.85 bits per heavy atom. The standard InChI is InChI=1S/C19H20N4O3/c20-14-15-3-5-16(6-4-15)21-18(24)7-8-22-9-11-23(12-10-22)19(25)17-2-1-13-26-17/h1-6,13H,7-12H2,(H,21,24). The van der Waals surface area contributed by atoms with E-state index in [2.05, 4.69) is 10.2 Å². The Morgan fingerprint density at radius 3 is 2.46 bits per heavy atom. The summed E-state index contributed by atoms with van der Waals surface area (Å²) >= 11 is 0. The Hall–Kier alpha value is -3.11. The fourth-order valence-electron chi connectivity index (χ4n) is 2.84. The van der Waals surface area contributed by atoms with E-state index in [1.165, 1.54) is 6.26 Å². The molecule has 134 valence electrons. The first-order chi connectivity index (χ1) is 12.7. The number of hydrogen-bond acceptors (Lipinski definition) is 5. The number of benzene rings is 1. The van der Waals surface area contributed by atoms with Crippen molar-refractivity contribution in [1.82, 2.24) is 9.80 Å². The zero-order valence-electron chi connectivity index (χ0n) is 14.4. The summed E-state index contributed by atoms with van der Waals surface area (Å²) in [7, 11) is 0. The van der Waals surface area contributed by atoms with Gasteiger partial charge in [-0.15, -0.1) is 0 Å². The highest BCUT2D eigenvalue weighted by molar-refractivity contribution is 5.91. The molecule has 0 unspecified atom stereocenters. The van der Waals surface area contributed by atoms with Gasteiger partial charge in [0.25, 0.3) is 5.91 Å². The number of nitriles is 1. The number of piperazine rings is 1. The van der Waals surface area contributed by atoms with Crippen LogP contribution in [0.1, 0.15) is 22.5 Å². The van der Waals surface area contributed by atoms with Crippen molar-refractivity contribution in [1.29, 1.82) is 5.26 Å². The summed E-state index contributed by atoms with van der Waals surface area (Å²) in [6, 6.07) is 12.2. The average molecular weight is 352 g/mol. The van der Waals surface area contributed by atoms with Crippen molar-refractivity contribution < 1.29 is 14.0 Å². The largest absolute Gasteiger partial charge is 0.459 e. The maximum absolute atomic E-state index is 12.2. The van der Waals surface area contributed by atoms with Crippen LogP contribution in [0.3, 0.4) is 0 Å². The number of carbonyl (C=O) groups is 2. The molecule has 0 bridgehead atoms. The van der Waals surface area contributed by atoms with Crippen LogP contribution in [0.5, 0.6) is 0 Å². The first kappa shape index (κ1) is 17.7. The average Bonchev–Trinajstić information content (AvgIpc) is 3.21. The molecule has 0 radical (unpaired) electrons. The van der Waals surface area contributed by atoms with Crippen molar-refractivity contribution in [2.75, 3.05) is 38.0 Å². The van der Waals surface area contributed by atoms with Gasteiger partial charge in [0.1, 0.15) is 0 Å². The van der Waals surface area contributed by atoms with Crippen LogP contribution in [0.25, 0.3) is 0 Å². The summed E-state index contributed by atoms with van der Waals surface area (Å²) in [6.07, 6.45) is 1.88. The second-order valence-corrected chi connectivity index (χ2v) is 6.10. The molecule has 2 heterocycles. The summed E-state index contributed by atoms with van der Waals surface area (Å²) in [5, 5.41) is 11.6. The summed E-state index contributed by atoms with van der Waals surface area (Å²) in [6.45, 7) is 3.35. The van der Waals surface area contributed by atoms with Crippen LogP contribution in [-0.4, -0.2) is 54.3 Å². The molecule has 2 amide bonds. The van der Waals surface area contributed by atoms with E-state index in [1.807, 2.05) is 6.07 Å². The first-order valence-corrected chi connectivity index (χ1v) is 8.51. The highest BCUT2D eigenvalue weighted by atomic mass is 16.3. The third-order valence-electron chi connectivity index (χ3n) is 4.34.